The molecule has 2 saturated heterocycles. The van der Waals surface area contributed by atoms with Gasteiger partial charge in [0.05, 0.1) is 7.11 Å². The lowest BCUT2D eigenvalue weighted by molar-refractivity contribution is -0.135. The van der Waals surface area contributed by atoms with Crippen LogP contribution in [-0.4, -0.2) is 54.5 Å². The summed E-state index contributed by atoms with van der Waals surface area (Å²) in [5, 5.41) is 0. The van der Waals surface area contributed by atoms with Crippen molar-refractivity contribution in [3.05, 3.63) is 29.3 Å². The number of aryl methyl sites for hydroxylation is 1. The quantitative estimate of drug-likeness (QED) is 0.790. The summed E-state index contributed by atoms with van der Waals surface area (Å²) in [5.74, 6) is 2.41. The maximum Gasteiger partial charge on any atom is 0.223 e. The summed E-state index contributed by atoms with van der Waals surface area (Å²) in [4.78, 5) is 18.2. The van der Waals surface area contributed by atoms with Crippen LogP contribution >= 0.6 is 0 Å². The maximum atomic E-state index is 13.2. The molecule has 4 nitrogen and oxygen atoms in total. The van der Waals surface area contributed by atoms with Crippen LogP contribution in [0.2, 0.25) is 0 Å². The van der Waals surface area contributed by atoms with E-state index in [4.69, 9.17) is 4.74 Å². The molecule has 1 saturated carbocycles. The Bertz CT molecular complexity index is 729. The van der Waals surface area contributed by atoms with E-state index < -0.39 is 0 Å². The summed E-state index contributed by atoms with van der Waals surface area (Å²) in [7, 11) is 1.73. The number of hydrogen-bond acceptors (Lipinski definition) is 3. The van der Waals surface area contributed by atoms with E-state index in [0.29, 0.717) is 24.2 Å². The van der Waals surface area contributed by atoms with Crippen LogP contribution in [0.4, 0.5) is 0 Å². The highest BCUT2D eigenvalue weighted by Crippen LogP contribution is 2.40. The molecule has 4 heteroatoms. The number of benzene rings is 1. The minimum atomic E-state index is 0.384. The van der Waals surface area contributed by atoms with Gasteiger partial charge in [-0.15, -0.1) is 0 Å². The Balaban J connectivity index is 1.23. The molecule has 0 aromatic heterocycles. The summed E-state index contributed by atoms with van der Waals surface area (Å²) in [6, 6.07) is 8.04. The molecule has 0 bridgehead atoms. The lowest BCUT2D eigenvalue weighted by atomic mass is 9.80. The number of amides is 1. The van der Waals surface area contributed by atoms with E-state index >= 15 is 0 Å². The van der Waals surface area contributed by atoms with E-state index in [0.717, 1.165) is 43.8 Å². The van der Waals surface area contributed by atoms with Crippen molar-refractivity contribution in [3.63, 3.8) is 0 Å². The van der Waals surface area contributed by atoms with Crippen molar-refractivity contribution in [2.75, 3.05) is 26.7 Å². The summed E-state index contributed by atoms with van der Waals surface area (Å²) >= 11 is 0. The number of ether oxygens (including phenoxy) is 1. The third-order valence-corrected chi connectivity index (χ3v) is 7.69. The average Bonchev–Trinajstić information content (AvgIpc) is 3.58. The highest BCUT2D eigenvalue weighted by atomic mass is 16.5. The Morgan fingerprint density at radius 1 is 1.11 bits per heavy atom. The Labute approximate surface area is 169 Å². The molecule has 28 heavy (non-hydrogen) atoms. The Morgan fingerprint density at radius 2 is 2.00 bits per heavy atom. The van der Waals surface area contributed by atoms with Crippen LogP contribution in [0, 0.1) is 5.92 Å². The molecule has 3 fully saturated rings. The molecule has 0 N–H and O–H groups in total. The molecule has 152 valence electrons. The van der Waals surface area contributed by atoms with Gasteiger partial charge >= 0.3 is 0 Å². The molecule has 2 heterocycles. The normalized spacial score (nSPS) is 30.5. The van der Waals surface area contributed by atoms with Crippen molar-refractivity contribution in [2.45, 2.75) is 75.8 Å². The highest BCUT2D eigenvalue weighted by Gasteiger charge is 2.42. The van der Waals surface area contributed by atoms with Gasteiger partial charge in [0.2, 0.25) is 5.91 Å². The van der Waals surface area contributed by atoms with Crippen molar-refractivity contribution in [1.29, 1.82) is 0 Å². The van der Waals surface area contributed by atoms with Gasteiger partial charge in [0.15, 0.2) is 0 Å². The predicted molar refractivity (Wildman–Crippen MR) is 111 cm³/mol. The monoisotopic (exact) mass is 382 g/mol. The molecule has 0 spiro atoms. The third-order valence-electron chi connectivity index (χ3n) is 7.69. The van der Waals surface area contributed by atoms with Gasteiger partial charge in [-0.2, -0.15) is 0 Å². The summed E-state index contributed by atoms with van der Waals surface area (Å²) in [5.41, 5.74) is 2.77. The van der Waals surface area contributed by atoms with Crippen molar-refractivity contribution in [3.8, 4) is 5.75 Å². The zero-order valence-electron chi connectivity index (χ0n) is 17.2. The summed E-state index contributed by atoms with van der Waals surface area (Å²) in [6.07, 6.45) is 10.7. The number of rotatable bonds is 4. The van der Waals surface area contributed by atoms with Gasteiger partial charge in [-0.3, -0.25) is 9.69 Å². The van der Waals surface area contributed by atoms with Gasteiger partial charge < -0.3 is 9.64 Å². The van der Waals surface area contributed by atoms with Crippen LogP contribution in [0.1, 0.15) is 68.4 Å². The Hall–Kier alpha value is -1.55. The van der Waals surface area contributed by atoms with E-state index in [9.17, 15) is 4.79 Å². The standard InChI is InChI=1S/C24H34N2O2/c1-28-21-9-10-22-17(14-21)4-2-5-18(22)15-24(27)25-13-11-23-19(16-25)6-3-12-26(23)20-7-8-20/h9-10,14,18-20,23H,2-8,11-13,15-16H2,1H3/t18-,19-,23+/m1/s1. The second-order valence-corrected chi connectivity index (χ2v) is 9.43. The van der Waals surface area contributed by atoms with Crippen LogP contribution in [0.3, 0.4) is 0 Å². The van der Waals surface area contributed by atoms with E-state index in [1.54, 1.807) is 7.11 Å². The fourth-order valence-corrected chi connectivity index (χ4v) is 6.10. The maximum absolute atomic E-state index is 13.2. The van der Waals surface area contributed by atoms with E-state index in [2.05, 4.69) is 28.0 Å². The minimum Gasteiger partial charge on any atom is -0.497 e. The van der Waals surface area contributed by atoms with Crippen molar-refractivity contribution >= 4 is 5.91 Å². The first kappa shape index (κ1) is 18.5. The zero-order valence-corrected chi connectivity index (χ0v) is 17.2. The highest BCUT2D eigenvalue weighted by molar-refractivity contribution is 5.77. The zero-order chi connectivity index (χ0) is 19.1. The topological polar surface area (TPSA) is 32.8 Å². The fourth-order valence-electron chi connectivity index (χ4n) is 6.10. The molecule has 2 aliphatic heterocycles. The van der Waals surface area contributed by atoms with E-state index in [-0.39, 0.29) is 0 Å². The van der Waals surface area contributed by atoms with E-state index in [1.807, 2.05) is 0 Å². The first-order chi connectivity index (χ1) is 13.7. The number of piperidine rings is 2. The largest absolute Gasteiger partial charge is 0.497 e. The minimum absolute atomic E-state index is 0.384. The third kappa shape index (κ3) is 3.56. The Kier molecular flexibility index (Phi) is 5.08. The van der Waals surface area contributed by atoms with Gasteiger partial charge in [0, 0.05) is 31.6 Å². The molecule has 4 aliphatic rings. The van der Waals surface area contributed by atoms with Gasteiger partial charge in [-0.1, -0.05) is 6.07 Å². The second-order valence-electron chi connectivity index (χ2n) is 9.43. The Morgan fingerprint density at radius 3 is 2.82 bits per heavy atom. The van der Waals surface area contributed by atoms with Crippen LogP contribution in [0.15, 0.2) is 18.2 Å². The molecule has 0 unspecified atom stereocenters. The number of carbonyl (C=O) groups excluding carboxylic acids is 1. The molecular weight excluding hydrogens is 348 g/mol. The van der Waals surface area contributed by atoms with Gasteiger partial charge in [-0.25, -0.2) is 0 Å². The summed E-state index contributed by atoms with van der Waals surface area (Å²) in [6.45, 7) is 3.25. The number of methoxy groups -OCH3 is 1. The van der Waals surface area contributed by atoms with Gasteiger partial charge in [0.1, 0.15) is 5.75 Å². The van der Waals surface area contributed by atoms with Crippen molar-refractivity contribution < 1.29 is 9.53 Å². The molecule has 1 aromatic rings. The van der Waals surface area contributed by atoms with Gasteiger partial charge in [-0.05, 0) is 93.0 Å². The molecule has 5 rings (SSSR count). The van der Waals surface area contributed by atoms with E-state index in [1.165, 1.54) is 56.2 Å². The lowest BCUT2D eigenvalue weighted by Gasteiger charge is -2.47. The van der Waals surface area contributed by atoms with Crippen molar-refractivity contribution in [1.82, 2.24) is 9.80 Å². The summed E-state index contributed by atoms with van der Waals surface area (Å²) < 4.78 is 5.39. The number of likely N-dealkylation sites (tertiary alicyclic amines) is 2. The van der Waals surface area contributed by atoms with Crippen molar-refractivity contribution in [2.24, 2.45) is 5.92 Å². The second kappa shape index (κ2) is 7.70. The van der Waals surface area contributed by atoms with Crippen LogP contribution in [0.25, 0.3) is 0 Å². The van der Waals surface area contributed by atoms with Crippen LogP contribution in [-0.2, 0) is 11.2 Å². The van der Waals surface area contributed by atoms with Crippen LogP contribution < -0.4 is 4.74 Å². The smallest absolute Gasteiger partial charge is 0.223 e. The lowest BCUT2D eigenvalue weighted by Crippen LogP contribution is -2.55. The number of carbonyl (C=O) groups is 1. The SMILES string of the molecule is COc1ccc2c(c1)CCC[C@@H]2CC(=O)N1CC[C@H]2[C@H](CCCN2C2CC2)C1. The predicted octanol–water partition coefficient (Wildman–Crippen LogP) is 3.98. The molecule has 1 aromatic carbocycles. The van der Waals surface area contributed by atoms with Crippen LogP contribution in [0.5, 0.6) is 5.75 Å². The average molecular weight is 383 g/mol. The first-order valence-electron chi connectivity index (χ1n) is 11.4. The molecule has 1 amide bonds. The molecular formula is C24H34N2O2. The number of fused-ring (bicyclic) bond motifs is 2. The number of hydrogen-bond donors (Lipinski definition) is 0. The first-order valence-corrected chi connectivity index (χ1v) is 11.4. The molecule has 2 aliphatic carbocycles. The van der Waals surface area contributed by atoms with Gasteiger partial charge in [0.25, 0.3) is 0 Å². The number of nitrogens with zero attached hydrogens (tertiary/aromatic N) is 2. The molecule has 0 radical (unpaired) electrons. The molecule has 3 atom stereocenters. The fraction of sp³-hybridized carbons (Fsp3) is 0.708.